The minimum absolute atomic E-state index is 0.0784. The van der Waals surface area contributed by atoms with E-state index in [0.29, 0.717) is 11.6 Å². The molecule has 1 atom stereocenters. The zero-order valence-electron chi connectivity index (χ0n) is 16.4. The van der Waals surface area contributed by atoms with Gasteiger partial charge in [-0.2, -0.15) is 0 Å². The molecule has 0 aliphatic rings. The summed E-state index contributed by atoms with van der Waals surface area (Å²) in [7, 11) is -3.74. The third kappa shape index (κ3) is 6.98. The monoisotopic (exact) mass is 421 g/mol. The molecule has 0 saturated carbocycles. The third-order valence-corrected chi connectivity index (χ3v) is 6.22. The maximum atomic E-state index is 12.9. The van der Waals surface area contributed by atoms with Crippen molar-refractivity contribution in [3.05, 3.63) is 59.9 Å². The van der Waals surface area contributed by atoms with Crippen molar-refractivity contribution in [2.24, 2.45) is 0 Å². The Balaban J connectivity index is 1.78. The van der Waals surface area contributed by atoms with E-state index in [4.69, 9.17) is 4.74 Å². The molecule has 0 aliphatic carbocycles. The van der Waals surface area contributed by atoms with E-state index in [-0.39, 0.29) is 4.90 Å². The van der Waals surface area contributed by atoms with Crippen molar-refractivity contribution >= 4 is 27.4 Å². The van der Waals surface area contributed by atoms with Gasteiger partial charge in [-0.1, -0.05) is 26.0 Å². The van der Waals surface area contributed by atoms with E-state index in [1.165, 1.54) is 5.56 Å². The van der Waals surface area contributed by atoms with Crippen LogP contribution in [0.2, 0.25) is 0 Å². The Kier molecular flexibility index (Phi) is 7.90. The van der Waals surface area contributed by atoms with Gasteiger partial charge < -0.3 is 10.1 Å². The first kappa shape index (κ1) is 22.5. The van der Waals surface area contributed by atoms with E-state index < -0.39 is 46.3 Å². The number of anilines is 1. The molecule has 8 heteroatoms. The van der Waals surface area contributed by atoms with E-state index in [2.05, 4.69) is 19.2 Å². The SMILES string of the molecule is CC[C@@H](C)c1ccc(NC(=O)COC(=O)CCS(=O)(=O)c2ccc(F)cc2)cc1. The number of carbonyl (C=O) groups excluding carboxylic acids is 2. The van der Waals surface area contributed by atoms with Crippen LogP contribution in [0.5, 0.6) is 0 Å². The quantitative estimate of drug-likeness (QED) is 0.493. The van der Waals surface area contributed by atoms with Gasteiger partial charge in [0.15, 0.2) is 16.4 Å². The molecule has 0 spiro atoms. The first-order chi connectivity index (χ1) is 13.7. The lowest BCUT2D eigenvalue weighted by atomic mass is 9.99. The average Bonchev–Trinajstić information content (AvgIpc) is 2.71. The summed E-state index contributed by atoms with van der Waals surface area (Å²) >= 11 is 0. The molecule has 0 radical (unpaired) electrons. The predicted octanol–water partition coefficient (Wildman–Crippen LogP) is 3.68. The van der Waals surface area contributed by atoms with Crippen LogP contribution in [0.25, 0.3) is 0 Å². The second-order valence-corrected chi connectivity index (χ2v) is 8.77. The van der Waals surface area contributed by atoms with Crippen LogP contribution in [-0.4, -0.2) is 32.7 Å². The van der Waals surface area contributed by atoms with E-state index in [1.54, 1.807) is 12.1 Å². The number of carbonyl (C=O) groups is 2. The van der Waals surface area contributed by atoms with Crippen molar-refractivity contribution in [3.63, 3.8) is 0 Å². The predicted molar refractivity (Wildman–Crippen MR) is 108 cm³/mol. The molecule has 1 N–H and O–H groups in total. The van der Waals surface area contributed by atoms with Gasteiger partial charge in [0.05, 0.1) is 17.1 Å². The summed E-state index contributed by atoms with van der Waals surface area (Å²) in [6.45, 7) is 3.70. The van der Waals surface area contributed by atoms with Crippen LogP contribution in [-0.2, 0) is 24.2 Å². The van der Waals surface area contributed by atoms with Crippen LogP contribution in [0.1, 0.15) is 38.2 Å². The zero-order valence-corrected chi connectivity index (χ0v) is 17.2. The molecule has 0 saturated heterocycles. The molecule has 0 heterocycles. The van der Waals surface area contributed by atoms with Crippen LogP contribution in [0.3, 0.4) is 0 Å². The third-order valence-electron chi connectivity index (χ3n) is 4.49. The highest BCUT2D eigenvalue weighted by Crippen LogP contribution is 2.20. The number of benzene rings is 2. The minimum Gasteiger partial charge on any atom is -0.456 e. The Morgan fingerprint density at radius 2 is 1.69 bits per heavy atom. The van der Waals surface area contributed by atoms with Gasteiger partial charge in [-0.3, -0.25) is 9.59 Å². The van der Waals surface area contributed by atoms with Crippen molar-refractivity contribution in [1.29, 1.82) is 0 Å². The lowest BCUT2D eigenvalue weighted by Crippen LogP contribution is -2.22. The summed E-state index contributed by atoms with van der Waals surface area (Å²) in [6.07, 6.45) is 0.606. The maximum absolute atomic E-state index is 12.9. The van der Waals surface area contributed by atoms with Crippen molar-refractivity contribution in [3.8, 4) is 0 Å². The lowest BCUT2D eigenvalue weighted by molar-refractivity contribution is -0.146. The molecular formula is C21H24FNO5S. The van der Waals surface area contributed by atoms with Crippen LogP contribution in [0, 0.1) is 5.82 Å². The van der Waals surface area contributed by atoms with Gasteiger partial charge in [-0.15, -0.1) is 0 Å². The summed E-state index contributed by atoms with van der Waals surface area (Å²) in [6, 6.07) is 11.7. The zero-order chi connectivity index (χ0) is 21.4. The van der Waals surface area contributed by atoms with Crippen LogP contribution >= 0.6 is 0 Å². The number of esters is 1. The van der Waals surface area contributed by atoms with Crippen molar-refractivity contribution in [2.75, 3.05) is 17.7 Å². The summed E-state index contributed by atoms with van der Waals surface area (Å²) in [5.41, 5.74) is 1.75. The van der Waals surface area contributed by atoms with E-state index in [9.17, 15) is 22.4 Å². The van der Waals surface area contributed by atoms with Gasteiger partial charge in [0.2, 0.25) is 0 Å². The maximum Gasteiger partial charge on any atom is 0.307 e. The van der Waals surface area contributed by atoms with Gasteiger partial charge >= 0.3 is 5.97 Å². The lowest BCUT2D eigenvalue weighted by Gasteiger charge is -2.11. The highest BCUT2D eigenvalue weighted by atomic mass is 32.2. The normalized spacial score (nSPS) is 12.2. The average molecular weight is 421 g/mol. The molecule has 0 aliphatic heterocycles. The standard InChI is InChI=1S/C21H24FNO5S/c1-3-15(2)16-4-8-18(9-5-16)23-20(24)14-28-21(25)12-13-29(26,27)19-10-6-17(22)7-11-19/h4-11,15H,3,12-14H2,1-2H3,(H,23,24)/t15-/m1/s1. The molecule has 0 fully saturated rings. The highest BCUT2D eigenvalue weighted by Gasteiger charge is 2.18. The van der Waals surface area contributed by atoms with Crippen LogP contribution in [0.15, 0.2) is 53.4 Å². The van der Waals surface area contributed by atoms with Crippen LogP contribution in [0.4, 0.5) is 10.1 Å². The number of hydrogen-bond acceptors (Lipinski definition) is 5. The molecular weight excluding hydrogens is 397 g/mol. The molecule has 2 aromatic rings. The summed E-state index contributed by atoms with van der Waals surface area (Å²) in [5.74, 6) is -1.94. The number of hydrogen-bond donors (Lipinski definition) is 1. The topological polar surface area (TPSA) is 89.5 Å². The molecule has 156 valence electrons. The fourth-order valence-corrected chi connectivity index (χ4v) is 3.75. The van der Waals surface area contributed by atoms with Gasteiger partial charge in [0, 0.05) is 5.69 Å². The van der Waals surface area contributed by atoms with Gasteiger partial charge in [-0.05, 0) is 54.3 Å². The molecule has 1 amide bonds. The van der Waals surface area contributed by atoms with Crippen molar-refractivity contribution < 1.29 is 27.1 Å². The first-order valence-corrected chi connectivity index (χ1v) is 10.9. The Hall–Kier alpha value is -2.74. The Labute approximate surface area is 170 Å². The second-order valence-electron chi connectivity index (χ2n) is 6.66. The number of amides is 1. The van der Waals surface area contributed by atoms with Crippen molar-refractivity contribution in [2.45, 2.75) is 37.5 Å². The number of rotatable bonds is 9. The number of ether oxygens (including phenoxy) is 1. The highest BCUT2D eigenvalue weighted by molar-refractivity contribution is 7.91. The summed E-state index contributed by atoms with van der Waals surface area (Å²) in [5, 5.41) is 2.61. The Morgan fingerprint density at radius 1 is 1.07 bits per heavy atom. The number of halogens is 1. The largest absolute Gasteiger partial charge is 0.456 e. The molecule has 0 aromatic heterocycles. The molecule has 0 unspecified atom stereocenters. The fourth-order valence-electron chi connectivity index (χ4n) is 2.52. The molecule has 2 rings (SSSR count). The molecule has 0 bridgehead atoms. The second kappa shape index (κ2) is 10.2. The van der Waals surface area contributed by atoms with E-state index in [0.717, 1.165) is 30.7 Å². The molecule has 2 aromatic carbocycles. The van der Waals surface area contributed by atoms with Crippen molar-refractivity contribution in [1.82, 2.24) is 0 Å². The molecule has 29 heavy (non-hydrogen) atoms. The van der Waals surface area contributed by atoms with Gasteiger partial charge in [0.1, 0.15) is 5.82 Å². The van der Waals surface area contributed by atoms with E-state index in [1.807, 2.05) is 12.1 Å². The summed E-state index contributed by atoms with van der Waals surface area (Å²) < 4.78 is 41.9. The minimum atomic E-state index is -3.74. The first-order valence-electron chi connectivity index (χ1n) is 9.25. The molecule has 6 nitrogen and oxygen atoms in total. The van der Waals surface area contributed by atoms with Crippen LogP contribution < -0.4 is 5.32 Å². The Morgan fingerprint density at radius 3 is 2.28 bits per heavy atom. The smallest absolute Gasteiger partial charge is 0.307 e. The number of sulfone groups is 1. The van der Waals surface area contributed by atoms with E-state index >= 15 is 0 Å². The van der Waals surface area contributed by atoms with Gasteiger partial charge in [0.25, 0.3) is 5.91 Å². The Bertz CT molecular complexity index is 940. The number of nitrogens with one attached hydrogen (secondary N) is 1. The summed E-state index contributed by atoms with van der Waals surface area (Å²) in [4.78, 5) is 23.6. The fraction of sp³-hybridized carbons (Fsp3) is 0.333. The van der Waals surface area contributed by atoms with Gasteiger partial charge in [-0.25, -0.2) is 12.8 Å².